The zero-order chi connectivity index (χ0) is 14.0. The van der Waals surface area contributed by atoms with E-state index >= 15 is 0 Å². The predicted molar refractivity (Wildman–Crippen MR) is 68.0 cm³/mol. The number of aryl methyl sites for hydroxylation is 1. The highest BCUT2D eigenvalue weighted by Crippen LogP contribution is 2.15. The van der Waals surface area contributed by atoms with E-state index in [2.05, 4.69) is 15.4 Å². The Morgan fingerprint density at radius 3 is 2.84 bits per heavy atom. The van der Waals surface area contributed by atoms with Gasteiger partial charge in [-0.05, 0) is 20.3 Å². The largest absolute Gasteiger partial charge is 0.295 e. The molecule has 0 aliphatic carbocycles. The molecule has 1 fully saturated rings. The van der Waals surface area contributed by atoms with Gasteiger partial charge in [0.1, 0.15) is 12.2 Å². The fourth-order valence-corrected chi connectivity index (χ4v) is 2.03. The average Bonchev–Trinajstić information content (AvgIpc) is 2.78. The van der Waals surface area contributed by atoms with Crippen LogP contribution in [0.1, 0.15) is 33.0 Å². The maximum atomic E-state index is 12.2. The van der Waals surface area contributed by atoms with Gasteiger partial charge in [0, 0.05) is 6.54 Å². The summed E-state index contributed by atoms with van der Waals surface area (Å²) in [5.74, 6) is 0.187. The number of aromatic nitrogens is 3. The van der Waals surface area contributed by atoms with Gasteiger partial charge >= 0.3 is 0 Å². The molecule has 2 rings (SSSR count). The molecule has 0 atom stereocenters. The number of nitrogens with zero attached hydrogens (tertiary/aromatic N) is 4. The van der Waals surface area contributed by atoms with E-state index in [4.69, 9.17) is 0 Å². The van der Waals surface area contributed by atoms with E-state index < -0.39 is 5.54 Å². The van der Waals surface area contributed by atoms with Crippen LogP contribution in [0.2, 0.25) is 0 Å². The minimum Gasteiger partial charge on any atom is -0.295 e. The molecule has 1 aromatic rings. The van der Waals surface area contributed by atoms with Crippen molar-refractivity contribution in [2.45, 2.75) is 45.8 Å². The molecule has 1 N–H and O–H groups in total. The van der Waals surface area contributed by atoms with Crippen LogP contribution in [-0.2, 0) is 22.7 Å². The number of hydrogen-bond donors (Lipinski definition) is 1. The molecule has 1 aliphatic rings. The minimum absolute atomic E-state index is 0.167. The van der Waals surface area contributed by atoms with Gasteiger partial charge in [0.05, 0.1) is 18.6 Å². The average molecular weight is 265 g/mol. The van der Waals surface area contributed by atoms with Gasteiger partial charge in [0.2, 0.25) is 11.8 Å². The van der Waals surface area contributed by atoms with Gasteiger partial charge in [-0.2, -0.15) is 5.10 Å². The maximum absolute atomic E-state index is 12.2. The second kappa shape index (κ2) is 5.08. The molecule has 2 amide bonds. The Balaban J connectivity index is 2.18. The van der Waals surface area contributed by atoms with Crippen molar-refractivity contribution in [3.63, 3.8) is 0 Å². The van der Waals surface area contributed by atoms with Crippen LogP contribution in [0.4, 0.5) is 0 Å². The Kier molecular flexibility index (Phi) is 3.66. The summed E-state index contributed by atoms with van der Waals surface area (Å²) < 4.78 is 1.73. The van der Waals surface area contributed by atoms with Gasteiger partial charge in [0.15, 0.2) is 0 Å². The summed E-state index contributed by atoms with van der Waals surface area (Å²) >= 11 is 0. The van der Waals surface area contributed by atoms with Gasteiger partial charge in [-0.25, -0.2) is 9.67 Å². The van der Waals surface area contributed by atoms with Crippen molar-refractivity contribution in [1.29, 1.82) is 0 Å². The molecule has 7 heteroatoms. The highest BCUT2D eigenvalue weighted by atomic mass is 16.2. The van der Waals surface area contributed by atoms with Gasteiger partial charge in [-0.3, -0.25) is 19.8 Å². The van der Waals surface area contributed by atoms with Crippen LogP contribution in [0.25, 0.3) is 0 Å². The molecule has 1 aliphatic heterocycles. The number of carbonyl (C=O) groups excluding carboxylic acids is 2. The topological polar surface area (TPSA) is 80.1 Å². The SMILES string of the molecule is CCCn1ncnc1CN1C(=O)CNC(C)(C)C1=O. The van der Waals surface area contributed by atoms with E-state index in [1.165, 1.54) is 11.2 Å². The van der Waals surface area contributed by atoms with E-state index in [-0.39, 0.29) is 24.9 Å². The Bertz CT molecular complexity index is 494. The first-order valence-corrected chi connectivity index (χ1v) is 6.42. The zero-order valence-corrected chi connectivity index (χ0v) is 11.5. The van der Waals surface area contributed by atoms with Crippen LogP contribution >= 0.6 is 0 Å². The summed E-state index contributed by atoms with van der Waals surface area (Å²) in [7, 11) is 0. The summed E-state index contributed by atoms with van der Waals surface area (Å²) in [6, 6.07) is 0. The van der Waals surface area contributed by atoms with Crippen LogP contribution < -0.4 is 5.32 Å². The van der Waals surface area contributed by atoms with Gasteiger partial charge < -0.3 is 0 Å². The lowest BCUT2D eigenvalue weighted by molar-refractivity contribution is -0.153. The molecule has 0 aromatic carbocycles. The number of hydrogen-bond acceptors (Lipinski definition) is 5. The predicted octanol–water partition coefficient (Wildman–Crippen LogP) is -0.0749. The Hall–Kier alpha value is -1.76. The van der Waals surface area contributed by atoms with Crippen LogP contribution in [0.3, 0.4) is 0 Å². The third kappa shape index (κ3) is 2.65. The molecule has 1 aromatic heterocycles. The second-order valence-electron chi connectivity index (χ2n) is 5.16. The van der Waals surface area contributed by atoms with Crippen LogP contribution in [-0.4, -0.2) is 43.6 Å². The molecule has 0 radical (unpaired) electrons. The molecule has 7 nitrogen and oxygen atoms in total. The monoisotopic (exact) mass is 265 g/mol. The maximum Gasteiger partial charge on any atom is 0.249 e. The van der Waals surface area contributed by atoms with E-state index in [1.807, 2.05) is 6.92 Å². The fourth-order valence-electron chi connectivity index (χ4n) is 2.03. The molecule has 2 heterocycles. The normalized spacial score (nSPS) is 19.0. The number of nitrogens with one attached hydrogen (secondary N) is 1. The van der Waals surface area contributed by atoms with Gasteiger partial charge in [-0.1, -0.05) is 6.92 Å². The lowest BCUT2D eigenvalue weighted by Crippen LogP contribution is -2.63. The van der Waals surface area contributed by atoms with Crippen LogP contribution in [0.15, 0.2) is 6.33 Å². The molecule has 0 bridgehead atoms. The number of amides is 2. The zero-order valence-electron chi connectivity index (χ0n) is 11.5. The third-order valence-electron chi connectivity index (χ3n) is 3.19. The van der Waals surface area contributed by atoms with Crippen molar-refractivity contribution in [3.8, 4) is 0 Å². The highest BCUT2D eigenvalue weighted by molar-refractivity contribution is 6.02. The van der Waals surface area contributed by atoms with Crippen LogP contribution in [0, 0.1) is 0 Å². The highest BCUT2D eigenvalue weighted by Gasteiger charge is 2.40. The molecule has 19 heavy (non-hydrogen) atoms. The van der Waals surface area contributed by atoms with Gasteiger partial charge in [-0.15, -0.1) is 0 Å². The molecule has 0 saturated carbocycles. The van der Waals surface area contributed by atoms with E-state index in [0.717, 1.165) is 13.0 Å². The fraction of sp³-hybridized carbons (Fsp3) is 0.667. The summed E-state index contributed by atoms with van der Waals surface area (Å²) in [6.07, 6.45) is 2.37. The van der Waals surface area contributed by atoms with Crippen molar-refractivity contribution in [2.75, 3.05) is 6.54 Å². The number of imide groups is 1. The number of carbonyl (C=O) groups is 2. The van der Waals surface area contributed by atoms with Crippen molar-refractivity contribution < 1.29 is 9.59 Å². The summed E-state index contributed by atoms with van der Waals surface area (Å²) in [5.41, 5.74) is -0.719. The standard InChI is InChI=1S/C12H19N5O2/c1-4-5-17-9(13-8-15-17)7-16-10(18)6-14-12(2,3)11(16)19/h8,14H,4-7H2,1-3H3. The van der Waals surface area contributed by atoms with E-state index in [1.54, 1.807) is 18.5 Å². The first-order valence-electron chi connectivity index (χ1n) is 6.42. The first kappa shape index (κ1) is 13.7. The van der Waals surface area contributed by atoms with Crippen molar-refractivity contribution >= 4 is 11.8 Å². The molecular formula is C12H19N5O2. The second-order valence-corrected chi connectivity index (χ2v) is 5.16. The molecule has 0 unspecified atom stereocenters. The Labute approximate surface area is 112 Å². The van der Waals surface area contributed by atoms with Gasteiger partial charge in [0.25, 0.3) is 0 Å². The molecule has 0 spiro atoms. The van der Waals surface area contributed by atoms with Crippen molar-refractivity contribution in [3.05, 3.63) is 12.2 Å². The number of rotatable bonds is 4. The van der Waals surface area contributed by atoms with Crippen LogP contribution in [0.5, 0.6) is 0 Å². The Morgan fingerprint density at radius 2 is 2.16 bits per heavy atom. The first-order chi connectivity index (χ1) is 8.95. The van der Waals surface area contributed by atoms with E-state index in [0.29, 0.717) is 5.82 Å². The molecule has 1 saturated heterocycles. The lowest BCUT2D eigenvalue weighted by Gasteiger charge is -2.36. The summed E-state index contributed by atoms with van der Waals surface area (Å²) in [4.78, 5) is 29.5. The van der Waals surface area contributed by atoms with Crippen molar-refractivity contribution in [2.24, 2.45) is 0 Å². The van der Waals surface area contributed by atoms with E-state index in [9.17, 15) is 9.59 Å². The third-order valence-corrected chi connectivity index (χ3v) is 3.19. The molecular weight excluding hydrogens is 246 g/mol. The molecule has 104 valence electrons. The summed E-state index contributed by atoms with van der Waals surface area (Å²) in [6.45, 7) is 6.66. The quantitative estimate of drug-likeness (QED) is 0.771. The minimum atomic E-state index is -0.719. The smallest absolute Gasteiger partial charge is 0.249 e. The lowest BCUT2D eigenvalue weighted by atomic mass is 10.0. The summed E-state index contributed by atoms with van der Waals surface area (Å²) in [5, 5.41) is 7.02. The number of piperazine rings is 1. The Morgan fingerprint density at radius 1 is 1.42 bits per heavy atom. The van der Waals surface area contributed by atoms with Crippen molar-refractivity contribution in [1.82, 2.24) is 25.0 Å².